The van der Waals surface area contributed by atoms with Crippen LogP contribution in [0.3, 0.4) is 0 Å². The Labute approximate surface area is 232 Å². The van der Waals surface area contributed by atoms with E-state index in [9.17, 15) is 9.59 Å². The van der Waals surface area contributed by atoms with E-state index >= 15 is 0 Å². The van der Waals surface area contributed by atoms with Gasteiger partial charge in [0.1, 0.15) is 0 Å². The van der Waals surface area contributed by atoms with Crippen molar-refractivity contribution in [3.63, 3.8) is 0 Å². The van der Waals surface area contributed by atoms with Crippen LogP contribution in [0.5, 0.6) is 0 Å². The zero-order valence-electron chi connectivity index (χ0n) is 25.8. The summed E-state index contributed by atoms with van der Waals surface area (Å²) in [7, 11) is 3.82. The summed E-state index contributed by atoms with van der Waals surface area (Å²) < 4.78 is 0. The van der Waals surface area contributed by atoms with Gasteiger partial charge in [0.2, 0.25) is 11.8 Å². The number of hydrogen-bond donors (Lipinski definition) is 0. The van der Waals surface area contributed by atoms with Crippen molar-refractivity contribution >= 4 is 11.8 Å². The molecule has 0 aromatic carbocycles. The van der Waals surface area contributed by atoms with Gasteiger partial charge in [0.15, 0.2) is 0 Å². The second-order valence-corrected chi connectivity index (χ2v) is 11.6. The molecule has 0 bridgehead atoms. The van der Waals surface area contributed by atoms with Gasteiger partial charge >= 0.3 is 0 Å². The van der Waals surface area contributed by atoms with Crippen molar-refractivity contribution in [2.75, 3.05) is 27.2 Å². The zero-order valence-corrected chi connectivity index (χ0v) is 25.8. The molecule has 0 N–H and O–H groups in total. The first-order valence-electron chi connectivity index (χ1n) is 16.5. The quantitative estimate of drug-likeness (QED) is 0.0959. The molecule has 37 heavy (non-hydrogen) atoms. The van der Waals surface area contributed by atoms with E-state index in [2.05, 4.69) is 13.8 Å². The third kappa shape index (κ3) is 25.0. The van der Waals surface area contributed by atoms with Crippen molar-refractivity contribution in [1.29, 1.82) is 0 Å². The molecular formula is C33H66N2O2. The third-order valence-corrected chi connectivity index (χ3v) is 7.83. The van der Waals surface area contributed by atoms with Gasteiger partial charge in [0, 0.05) is 40.0 Å². The maximum atomic E-state index is 12.4. The SMILES string of the molecule is CCCCCCCCCCCCCC(=O)N(C)CCCN(C)C(=O)CCCCCCCCCCCCC. The van der Waals surface area contributed by atoms with Crippen LogP contribution in [0.1, 0.15) is 174 Å². The molecule has 0 aromatic heterocycles. The van der Waals surface area contributed by atoms with Gasteiger partial charge < -0.3 is 9.80 Å². The van der Waals surface area contributed by atoms with Crippen molar-refractivity contribution in [3.05, 3.63) is 0 Å². The second kappa shape index (κ2) is 28.0. The van der Waals surface area contributed by atoms with Crippen molar-refractivity contribution in [2.45, 2.75) is 174 Å². The molecule has 0 aliphatic carbocycles. The summed E-state index contributed by atoms with van der Waals surface area (Å²) in [5.74, 6) is 0.511. The lowest BCUT2D eigenvalue weighted by Crippen LogP contribution is -2.32. The first kappa shape index (κ1) is 35.9. The Balaban J connectivity index is 3.56. The Morgan fingerprint density at radius 2 is 0.622 bits per heavy atom. The number of nitrogens with zero attached hydrogens (tertiary/aromatic N) is 2. The molecule has 2 amide bonds. The van der Waals surface area contributed by atoms with E-state index < -0.39 is 0 Å². The number of unbranched alkanes of at least 4 members (excludes halogenated alkanes) is 20. The van der Waals surface area contributed by atoms with Gasteiger partial charge in [-0.1, -0.05) is 142 Å². The minimum atomic E-state index is 0.255. The summed E-state index contributed by atoms with van der Waals surface area (Å²) in [6.07, 6.45) is 31.0. The largest absolute Gasteiger partial charge is 0.346 e. The van der Waals surface area contributed by atoms with E-state index in [1.54, 1.807) is 0 Å². The Morgan fingerprint density at radius 3 is 0.892 bits per heavy atom. The van der Waals surface area contributed by atoms with Crippen molar-refractivity contribution in [1.82, 2.24) is 9.80 Å². The molecule has 0 unspecified atom stereocenters. The van der Waals surface area contributed by atoms with Crippen LogP contribution in [0.2, 0.25) is 0 Å². The Kier molecular flexibility index (Phi) is 27.2. The highest BCUT2D eigenvalue weighted by Gasteiger charge is 2.11. The average molecular weight is 523 g/mol. The number of hydrogen-bond acceptors (Lipinski definition) is 2. The van der Waals surface area contributed by atoms with Gasteiger partial charge in [0.25, 0.3) is 0 Å². The summed E-state index contributed by atoms with van der Waals surface area (Å²) >= 11 is 0. The van der Waals surface area contributed by atoms with Gasteiger partial charge in [-0.05, 0) is 19.3 Å². The number of carbonyl (C=O) groups excluding carboxylic acids is 2. The summed E-state index contributed by atoms with van der Waals surface area (Å²) in [5.41, 5.74) is 0. The Morgan fingerprint density at radius 1 is 0.378 bits per heavy atom. The molecule has 0 spiro atoms. The second-order valence-electron chi connectivity index (χ2n) is 11.6. The lowest BCUT2D eigenvalue weighted by Gasteiger charge is -2.21. The summed E-state index contributed by atoms with van der Waals surface area (Å²) in [6, 6.07) is 0. The summed E-state index contributed by atoms with van der Waals surface area (Å²) in [4.78, 5) is 28.5. The van der Waals surface area contributed by atoms with Crippen molar-refractivity contribution in [2.24, 2.45) is 0 Å². The number of amides is 2. The predicted octanol–water partition coefficient (Wildman–Crippen LogP) is 9.70. The van der Waals surface area contributed by atoms with E-state index in [4.69, 9.17) is 0 Å². The van der Waals surface area contributed by atoms with Gasteiger partial charge in [0.05, 0.1) is 0 Å². The topological polar surface area (TPSA) is 40.6 Å². The smallest absolute Gasteiger partial charge is 0.222 e. The van der Waals surface area contributed by atoms with Gasteiger partial charge in [-0.3, -0.25) is 9.59 Å². The van der Waals surface area contributed by atoms with Crippen LogP contribution in [0.15, 0.2) is 0 Å². The maximum Gasteiger partial charge on any atom is 0.222 e. The molecular weight excluding hydrogens is 456 g/mol. The maximum absolute atomic E-state index is 12.4. The van der Waals surface area contributed by atoms with E-state index in [0.717, 1.165) is 32.4 Å². The first-order valence-corrected chi connectivity index (χ1v) is 16.5. The Bertz CT molecular complexity index is 465. The monoisotopic (exact) mass is 523 g/mol. The van der Waals surface area contributed by atoms with Crippen LogP contribution >= 0.6 is 0 Å². The van der Waals surface area contributed by atoms with Gasteiger partial charge in [-0.25, -0.2) is 0 Å². The normalized spacial score (nSPS) is 11.1. The van der Waals surface area contributed by atoms with Crippen molar-refractivity contribution < 1.29 is 9.59 Å². The molecule has 0 atom stereocenters. The fourth-order valence-corrected chi connectivity index (χ4v) is 5.06. The van der Waals surface area contributed by atoms with E-state index in [1.165, 1.54) is 128 Å². The van der Waals surface area contributed by atoms with Gasteiger partial charge in [-0.15, -0.1) is 0 Å². The first-order chi connectivity index (χ1) is 18.0. The summed E-state index contributed by atoms with van der Waals surface area (Å²) in [6.45, 7) is 6.02. The van der Waals surface area contributed by atoms with Crippen LogP contribution in [-0.4, -0.2) is 48.8 Å². The molecule has 0 rings (SSSR count). The highest BCUT2D eigenvalue weighted by Crippen LogP contribution is 2.14. The highest BCUT2D eigenvalue weighted by molar-refractivity contribution is 5.76. The molecule has 4 nitrogen and oxygen atoms in total. The van der Waals surface area contributed by atoms with E-state index in [-0.39, 0.29) is 11.8 Å². The summed E-state index contributed by atoms with van der Waals surface area (Å²) in [5, 5.41) is 0. The van der Waals surface area contributed by atoms with E-state index in [0.29, 0.717) is 12.8 Å². The molecule has 0 aliphatic heterocycles. The molecule has 4 heteroatoms. The lowest BCUT2D eigenvalue weighted by molar-refractivity contribution is -0.130. The average Bonchev–Trinajstić information content (AvgIpc) is 2.89. The number of carbonyl (C=O) groups is 2. The molecule has 0 fully saturated rings. The minimum absolute atomic E-state index is 0.255. The predicted molar refractivity (Wildman–Crippen MR) is 162 cm³/mol. The molecule has 0 saturated carbocycles. The molecule has 0 saturated heterocycles. The minimum Gasteiger partial charge on any atom is -0.346 e. The fourth-order valence-electron chi connectivity index (χ4n) is 5.06. The molecule has 0 heterocycles. The fraction of sp³-hybridized carbons (Fsp3) is 0.939. The standard InChI is InChI=1S/C33H66N2O2/c1-5-7-9-11-13-15-17-19-21-23-25-28-32(36)34(3)30-27-31-35(4)33(37)29-26-24-22-20-18-16-14-12-10-8-6-2/h5-31H2,1-4H3. The highest BCUT2D eigenvalue weighted by atomic mass is 16.2. The van der Waals surface area contributed by atoms with Crippen LogP contribution in [-0.2, 0) is 9.59 Å². The Hall–Kier alpha value is -1.06. The molecule has 220 valence electrons. The van der Waals surface area contributed by atoms with Gasteiger partial charge in [-0.2, -0.15) is 0 Å². The van der Waals surface area contributed by atoms with Crippen LogP contribution in [0, 0.1) is 0 Å². The molecule has 0 radical (unpaired) electrons. The lowest BCUT2D eigenvalue weighted by atomic mass is 10.1. The third-order valence-electron chi connectivity index (χ3n) is 7.83. The molecule has 0 aliphatic rings. The van der Waals surface area contributed by atoms with Crippen LogP contribution in [0.4, 0.5) is 0 Å². The number of rotatable bonds is 28. The van der Waals surface area contributed by atoms with Crippen LogP contribution < -0.4 is 0 Å². The van der Waals surface area contributed by atoms with Crippen molar-refractivity contribution in [3.8, 4) is 0 Å². The zero-order chi connectivity index (χ0) is 27.4. The van der Waals surface area contributed by atoms with Crippen LogP contribution in [0.25, 0.3) is 0 Å². The molecule has 0 aromatic rings. The van der Waals surface area contributed by atoms with E-state index in [1.807, 2.05) is 23.9 Å².